The Hall–Kier alpha value is -1.20. The van der Waals surface area contributed by atoms with Crippen LogP contribution in [0.15, 0.2) is 30.3 Å². The second-order valence-electron chi connectivity index (χ2n) is 7.05. The van der Waals surface area contributed by atoms with Crippen molar-refractivity contribution < 1.29 is 4.79 Å². The minimum Gasteiger partial charge on any atom is -0.369 e. The summed E-state index contributed by atoms with van der Waals surface area (Å²) in [5, 5.41) is 0. The van der Waals surface area contributed by atoms with Crippen LogP contribution in [0.3, 0.4) is 0 Å². The summed E-state index contributed by atoms with van der Waals surface area (Å²) >= 11 is 1.78. The van der Waals surface area contributed by atoms with Crippen LogP contribution in [0.5, 0.6) is 0 Å². The number of para-hydroxylation sites is 1. The van der Waals surface area contributed by atoms with E-state index >= 15 is 0 Å². The normalized spacial score (nSPS) is 22.2. The van der Waals surface area contributed by atoms with Crippen molar-refractivity contribution in [2.24, 2.45) is 0 Å². The van der Waals surface area contributed by atoms with E-state index in [0.29, 0.717) is 17.7 Å². The minimum absolute atomic E-state index is 0.339. The molecule has 1 atom stereocenters. The maximum atomic E-state index is 12.4. The average molecular weight is 362 g/mol. The highest BCUT2D eigenvalue weighted by molar-refractivity contribution is 7.99. The van der Waals surface area contributed by atoms with Gasteiger partial charge in [-0.15, -0.1) is 0 Å². The summed E-state index contributed by atoms with van der Waals surface area (Å²) < 4.78 is 0. The SMILES string of the molecule is CCCSCC(=O)N1CCC[C@@H](N2CCN(c3ccccc3)CC2)C1. The van der Waals surface area contributed by atoms with Crippen molar-refractivity contribution in [1.29, 1.82) is 0 Å². The van der Waals surface area contributed by atoms with Crippen LogP contribution >= 0.6 is 11.8 Å². The van der Waals surface area contributed by atoms with Crippen molar-refractivity contribution in [1.82, 2.24) is 9.80 Å². The molecular weight excluding hydrogens is 330 g/mol. The van der Waals surface area contributed by atoms with E-state index < -0.39 is 0 Å². The highest BCUT2D eigenvalue weighted by atomic mass is 32.2. The molecule has 0 bridgehead atoms. The van der Waals surface area contributed by atoms with Crippen molar-refractivity contribution >= 4 is 23.4 Å². The van der Waals surface area contributed by atoms with Crippen LogP contribution in [0.4, 0.5) is 5.69 Å². The van der Waals surface area contributed by atoms with Gasteiger partial charge in [0, 0.05) is 51.0 Å². The molecule has 1 aromatic carbocycles. The van der Waals surface area contributed by atoms with Gasteiger partial charge in [-0.3, -0.25) is 9.69 Å². The average Bonchev–Trinajstić information content (AvgIpc) is 2.69. The van der Waals surface area contributed by atoms with Gasteiger partial charge in [0.1, 0.15) is 0 Å². The molecule has 0 saturated carbocycles. The number of carbonyl (C=O) groups is 1. The van der Waals surface area contributed by atoms with Gasteiger partial charge in [-0.1, -0.05) is 25.1 Å². The Balaban J connectivity index is 1.47. The highest BCUT2D eigenvalue weighted by Gasteiger charge is 2.29. The van der Waals surface area contributed by atoms with E-state index in [9.17, 15) is 4.79 Å². The molecule has 2 saturated heterocycles. The van der Waals surface area contributed by atoms with Crippen LogP contribution in [-0.2, 0) is 4.79 Å². The minimum atomic E-state index is 0.339. The van der Waals surface area contributed by atoms with Crippen LogP contribution in [-0.4, -0.2) is 72.5 Å². The van der Waals surface area contributed by atoms with E-state index in [0.717, 1.165) is 57.9 Å². The Morgan fingerprint density at radius 1 is 1.12 bits per heavy atom. The van der Waals surface area contributed by atoms with E-state index in [1.807, 2.05) is 0 Å². The van der Waals surface area contributed by atoms with E-state index in [1.54, 1.807) is 11.8 Å². The molecule has 0 N–H and O–H groups in total. The van der Waals surface area contributed by atoms with Gasteiger partial charge in [0.2, 0.25) is 5.91 Å². The zero-order valence-electron chi connectivity index (χ0n) is 15.4. The predicted octanol–water partition coefficient (Wildman–Crippen LogP) is 2.94. The van der Waals surface area contributed by atoms with E-state index in [4.69, 9.17) is 0 Å². The first-order chi connectivity index (χ1) is 12.3. The number of amides is 1. The van der Waals surface area contributed by atoms with E-state index in [-0.39, 0.29) is 0 Å². The molecule has 0 spiro atoms. The molecule has 1 aromatic rings. The Morgan fingerprint density at radius 2 is 1.88 bits per heavy atom. The van der Waals surface area contributed by atoms with Crippen LogP contribution in [0.2, 0.25) is 0 Å². The molecule has 2 aliphatic heterocycles. The largest absolute Gasteiger partial charge is 0.369 e. The van der Waals surface area contributed by atoms with Gasteiger partial charge in [-0.2, -0.15) is 11.8 Å². The number of likely N-dealkylation sites (tertiary alicyclic amines) is 1. The third kappa shape index (κ3) is 5.14. The van der Waals surface area contributed by atoms with Crippen molar-refractivity contribution in [2.75, 3.05) is 55.7 Å². The molecule has 4 nitrogen and oxygen atoms in total. The molecule has 0 aromatic heterocycles. The molecule has 2 aliphatic rings. The summed E-state index contributed by atoms with van der Waals surface area (Å²) in [7, 11) is 0. The number of hydrogen-bond acceptors (Lipinski definition) is 4. The quantitative estimate of drug-likeness (QED) is 0.728. The summed E-state index contributed by atoms with van der Waals surface area (Å²) in [6.07, 6.45) is 3.53. The van der Waals surface area contributed by atoms with Gasteiger partial charge in [0.15, 0.2) is 0 Å². The number of benzene rings is 1. The molecule has 3 rings (SSSR count). The Kier molecular flexibility index (Phi) is 7.05. The lowest BCUT2D eigenvalue weighted by atomic mass is 10.0. The number of anilines is 1. The monoisotopic (exact) mass is 361 g/mol. The Bertz CT molecular complexity index is 531. The molecule has 5 heteroatoms. The summed E-state index contributed by atoms with van der Waals surface area (Å²) in [5.74, 6) is 2.08. The number of carbonyl (C=O) groups excluding carboxylic acids is 1. The van der Waals surface area contributed by atoms with Crippen molar-refractivity contribution in [2.45, 2.75) is 32.2 Å². The molecule has 1 amide bonds. The number of rotatable bonds is 6. The zero-order chi connectivity index (χ0) is 17.5. The second-order valence-corrected chi connectivity index (χ2v) is 8.15. The van der Waals surface area contributed by atoms with Crippen LogP contribution in [0.25, 0.3) is 0 Å². The van der Waals surface area contributed by atoms with Gasteiger partial charge in [-0.25, -0.2) is 0 Å². The third-order valence-corrected chi connectivity index (χ3v) is 6.42. The second kappa shape index (κ2) is 9.48. The maximum Gasteiger partial charge on any atom is 0.232 e. The standard InChI is InChI=1S/C20H31N3OS/c1-2-15-25-17-20(24)23-10-6-9-19(16-23)22-13-11-21(12-14-22)18-7-4-3-5-8-18/h3-5,7-8,19H,2,6,9-17H2,1H3/t19-/m1/s1. The molecule has 2 heterocycles. The lowest BCUT2D eigenvalue weighted by Crippen LogP contribution is -2.56. The fourth-order valence-corrected chi connectivity index (χ4v) is 4.65. The van der Waals surface area contributed by atoms with Crippen molar-refractivity contribution in [3.63, 3.8) is 0 Å². The first-order valence-electron chi connectivity index (χ1n) is 9.67. The number of thioether (sulfide) groups is 1. The summed E-state index contributed by atoms with van der Waals surface area (Å²) in [6, 6.07) is 11.2. The molecule has 0 radical (unpaired) electrons. The molecular formula is C20H31N3OS. The number of piperazine rings is 1. The lowest BCUT2D eigenvalue weighted by Gasteiger charge is -2.44. The third-order valence-electron chi connectivity index (χ3n) is 5.28. The van der Waals surface area contributed by atoms with Gasteiger partial charge in [0.25, 0.3) is 0 Å². The molecule has 0 aliphatic carbocycles. The summed E-state index contributed by atoms with van der Waals surface area (Å²) in [4.78, 5) is 19.6. The fourth-order valence-electron chi connectivity index (χ4n) is 3.86. The van der Waals surface area contributed by atoms with Gasteiger partial charge >= 0.3 is 0 Å². The lowest BCUT2D eigenvalue weighted by molar-refractivity contribution is -0.130. The molecule has 138 valence electrons. The van der Waals surface area contributed by atoms with Gasteiger partial charge < -0.3 is 9.80 Å². The molecule has 0 unspecified atom stereocenters. The first-order valence-corrected chi connectivity index (χ1v) is 10.8. The zero-order valence-corrected chi connectivity index (χ0v) is 16.2. The molecule has 25 heavy (non-hydrogen) atoms. The van der Waals surface area contributed by atoms with Gasteiger partial charge in [0.05, 0.1) is 5.75 Å². The number of hydrogen-bond donors (Lipinski definition) is 0. The summed E-state index contributed by atoms with van der Waals surface area (Å²) in [6.45, 7) is 8.42. The maximum absolute atomic E-state index is 12.4. The van der Waals surface area contributed by atoms with Crippen LogP contribution in [0.1, 0.15) is 26.2 Å². The van der Waals surface area contributed by atoms with Crippen LogP contribution in [0, 0.1) is 0 Å². The van der Waals surface area contributed by atoms with Crippen LogP contribution < -0.4 is 4.90 Å². The van der Waals surface area contributed by atoms with E-state index in [2.05, 4.69) is 52.0 Å². The predicted molar refractivity (Wildman–Crippen MR) is 107 cm³/mol. The molecule has 2 fully saturated rings. The van der Waals surface area contributed by atoms with Crippen molar-refractivity contribution in [3.8, 4) is 0 Å². The number of piperidine rings is 1. The summed E-state index contributed by atoms with van der Waals surface area (Å²) in [5.41, 5.74) is 1.33. The Labute approximate surface area is 156 Å². The van der Waals surface area contributed by atoms with Gasteiger partial charge in [-0.05, 0) is 37.1 Å². The van der Waals surface area contributed by atoms with Crippen molar-refractivity contribution in [3.05, 3.63) is 30.3 Å². The highest BCUT2D eigenvalue weighted by Crippen LogP contribution is 2.21. The first kappa shape index (κ1) is 18.6. The topological polar surface area (TPSA) is 26.8 Å². The Morgan fingerprint density at radius 3 is 2.60 bits per heavy atom. The smallest absolute Gasteiger partial charge is 0.232 e. The van der Waals surface area contributed by atoms with E-state index in [1.165, 1.54) is 12.1 Å². The number of nitrogens with zero attached hydrogens (tertiary/aromatic N) is 3. The fraction of sp³-hybridized carbons (Fsp3) is 0.650.